The van der Waals surface area contributed by atoms with Crippen molar-refractivity contribution in [3.05, 3.63) is 63.1 Å². The first-order valence-corrected chi connectivity index (χ1v) is 11.2. The van der Waals surface area contributed by atoms with Crippen LogP contribution in [-0.4, -0.2) is 31.7 Å². The summed E-state index contributed by atoms with van der Waals surface area (Å²) in [6, 6.07) is 11.5. The van der Waals surface area contributed by atoms with Gasteiger partial charge in [-0.05, 0) is 36.8 Å². The minimum atomic E-state index is -3.67. The Morgan fingerprint density at radius 1 is 1.19 bits per heavy atom. The van der Waals surface area contributed by atoms with Crippen LogP contribution in [0.5, 0.6) is 0 Å². The van der Waals surface area contributed by atoms with E-state index in [1.165, 1.54) is 22.5 Å². The van der Waals surface area contributed by atoms with E-state index in [9.17, 15) is 13.2 Å². The van der Waals surface area contributed by atoms with Gasteiger partial charge in [-0.2, -0.15) is 4.31 Å². The fourth-order valence-electron chi connectivity index (χ4n) is 2.73. The van der Waals surface area contributed by atoms with Crippen LogP contribution in [-0.2, 0) is 10.0 Å². The summed E-state index contributed by atoms with van der Waals surface area (Å²) < 4.78 is 27.6. The maximum Gasteiger partial charge on any atom is 0.253 e. The molecule has 0 saturated heterocycles. The van der Waals surface area contributed by atoms with E-state index in [4.69, 9.17) is 11.6 Å². The van der Waals surface area contributed by atoms with Crippen molar-refractivity contribution in [1.82, 2.24) is 9.62 Å². The molecule has 1 atom stereocenters. The largest absolute Gasteiger partial charge is 0.345 e. The summed E-state index contributed by atoms with van der Waals surface area (Å²) in [6.45, 7) is 6.08. The Balaban J connectivity index is 2.33. The smallest absolute Gasteiger partial charge is 0.253 e. The Morgan fingerprint density at radius 2 is 1.81 bits per heavy atom. The number of rotatable bonds is 7. The van der Waals surface area contributed by atoms with Crippen molar-refractivity contribution in [3.8, 4) is 0 Å². The van der Waals surface area contributed by atoms with Gasteiger partial charge in [-0.3, -0.25) is 4.79 Å². The number of sulfonamides is 1. The molecule has 5 nitrogen and oxygen atoms in total. The van der Waals surface area contributed by atoms with E-state index in [1.54, 1.807) is 13.8 Å². The molecular weight excluding hydrogens is 452 g/mol. The average molecular weight is 474 g/mol. The van der Waals surface area contributed by atoms with Crippen LogP contribution in [0.1, 0.15) is 42.7 Å². The van der Waals surface area contributed by atoms with Gasteiger partial charge in [0.05, 0.1) is 21.5 Å². The summed E-state index contributed by atoms with van der Waals surface area (Å²) in [4.78, 5) is 12.8. The summed E-state index contributed by atoms with van der Waals surface area (Å²) in [5.74, 6) is -0.431. The molecule has 0 aliphatic carbocycles. The van der Waals surface area contributed by atoms with Gasteiger partial charge < -0.3 is 5.32 Å². The molecule has 1 N–H and O–H groups in total. The molecule has 0 fully saturated rings. The molecule has 0 radical (unpaired) electrons. The second-order valence-corrected chi connectivity index (χ2v) is 9.15. The number of carbonyl (C=O) groups excluding carboxylic acids is 1. The van der Waals surface area contributed by atoms with Crippen LogP contribution in [0, 0.1) is 0 Å². The summed E-state index contributed by atoms with van der Waals surface area (Å²) in [5, 5.41) is 3.07. The molecule has 0 aromatic heterocycles. The van der Waals surface area contributed by atoms with Crippen molar-refractivity contribution in [2.75, 3.05) is 13.1 Å². The van der Waals surface area contributed by atoms with Crippen molar-refractivity contribution < 1.29 is 13.2 Å². The number of hydrogen-bond acceptors (Lipinski definition) is 3. The van der Waals surface area contributed by atoms with Gasteiger partial charge in [-0.15, -0.1) is 0 Å². The molecule has 0 aliphatic heterocycles. The zero-order valence-electron chi connectivity index (χ0n) is 15.4. The molecule has 0 heterocycles. The Morgan fingerprint density at radius 3 is 2.41 bits per heavy atom. The molecule has 1 amide bonds. The van der Waals surface area contributed by atoms with Gasteiger partial charge in [-0.25, -0.2) is 8.42 Å². The number of hydrogen-bond donors (Lipinski definition) is 1. The van der Waals surface area contributed by atoms with Gasteiger partial charge >= 0.3 is 0 Å². The molecule has 2 aromatic rings. The van der Waals surface area contributed by atoms with Crippen LogP contribution in [0.25, 0.3) is 0 Å². The first-order chi connectivity index (χ1) is 12.7. The van der Waals surface area contributed by atoms with Crippen molar-refractivity contribution in [2.24, 2.45) is 0 Å². The highest BCUT2D eigenvalue weighted by Gasteiger charge is 2.24. The van der Waals surface area contributed by atoms with Gasteiger partial charge in [0.15, 0.2) is 0 Å². The second kappa shape index (κ2) is 9.19. The van der Waals surface area contributed by atoms with E-state index in [0.717, 1.165) is 10.0 Å². The van der Waals surface area contributed by atoms with E-state index in [2.05, 4.69) is 21.2 Å². The Hall–Kier alpha value is -1.41. The third-order valence-electron chi connectivity index (χ3n) is 4.24. The molecule has 0 bridgehead atoms. The van der Waals surface area contributed by atoms with Crippen molar-refractivity contribution in [3.63, 3.8) is 0 Å². The molecule has 0 unspecified atom stereocenters. The lowest BCUT2D eigenvalue weighted by atomic mass is 10.1. The molecule has 27 heavy (non-hydrogen) atoms. The molecular formula is C19H22BrClN2O3S. The number of benzene rings is 2. The van der Waals surface area contributed by atoms with Crippen LogP contribution < -0.4 is 5.32 Å². The van der Waals surface area contributed by atoms with Gasteiger partial charge in [-0.1, -0.05) is 59.6 Å². The second-order valence-electron chi connectivity index (χ2n) is 5.95. The highest BCUT2D eigenvalue weighted by Crippen LogP contribution is 2.26. The van der Waals surface area contributed by atoms with Crippen LogP contribution in [0.15, 0.2) is 51.8 Å². The average Bonchev–Trinajstić information content (AvgIpc) is 2.62. The van der Waals surface area contributed by atoms with Gasteiger partial charge in [0, 0.05) is 17.6 Å². The Kier molecular flexibility index (Phi) is 7.45. The number of carbonyl (C=O) groups is 1. The zero-order valence-corrected chi connectivity index (χ0v) is 18.5. The van der Waals surface area contributed by atoms with E-state index in [1.807, 2.05) is 31.2 Å². The van der Waals surface area contributed by atoms with Crippen LogP contribution >= 0.6 is 27.5 Å². The summed E-state index contributed by atoms with van der Waals surface area (Å²) in [5.41, 5.74) is 1.04. The predicted octanol–water partition coefficient (Wildman–Crippen LogP) is 4.62. The number of nitrogens with one attached hydrogen (secondary N) is 1. The number of amides is 1. The number of halogens is 2. The van der Waals surface area contributed by atoms with Gasteiger partial charge in [0.1, 0.15) is 0 Å². The van der Waals surface area contributed by atoms with Gasteiger partial charge in [0.25, 0.3) is 5.91 Å². The van der Waals surface area contributed by atoms with Crippen molar-refractivity contribution in [1.29, 1.82) is 0 Å². The zero-order chi connectivity index (χ0) is 20.2. The fraction of sp³-hybridized carbons (Fsp3) is 0.316. The highest BCUT2D eigenvalue weighted by molar-refractivity contribution is 9.10. The first kappa shape index (κ1) is 21.9. The fourth-order valence-corrected chi connectivity index (χ4v) is 5.05. The third-order valence-corrected chi connectivity index (χ3v) is 7.34. The molecule has 0 saturated carbocycles. The normalized spacial score (nSPS) is 12.8. The first-order valence-electron chi connectivity index (χ1n) is 8.57. The Labute approximate surface area is 173 Å². The maximum absolute atomic E-state index is 12.7. The summed E-state index contributed by atoms with van der Waals surface area (Å²) >= 11 is 9.64. The lowest BCUT2D eigenvalue weighted by Gasteiger charge is -2.20. The minimum Gasteiger partial charge on any atom is -0.345 e. The summed E-state index contributed by atoms with van der Waals surface area (Å²) in [6.07, 6.45) is 0. The monoisotopic (exact) mass is 472 g/mol. The summed E-state index contributed by atoms with van der Waals surface area (Å²) in [7, 11) is -3.67. The highest BCUT2D eigenvalue weighted by atomic mass is 79.9. The van der Waals surface area contributed by atoms with Gasteiger partial charge in [0.2, 0.25) is 10.0 Å². The van der Waals surface area contributed by atoms with E-state index in [0.29, 0.717) is 13.1 Å². The standard InChI is InChI=1S/C19H22BrClN2O3S/c1-4-23(5-2)27(25,26)14-10-11-18(21)16(12-14)19(24)22-13(3)15-8-6-7-9-17(15)20/h6-13H,4-5H2,1-3H3,(H,22,24)/t13-/m1/s1. The van der Waals surface area contributed by atoms with E-state index < -0.39 is 15.9 Å². The quantitative estimate of drug-likeness (QED) is 0.638. The Bertz CT molecular complexity index is 930. The third kappa shape index (κ3) is 4.90. The lowest BCUT2D eigenvalue weighted by molar-refractivity contribution is 0.0939. The molecule has 8 heteroatoms. The predicted molar refractivity (Wildman–Crippen MR) is 112 cm³/mol. The molecule has 146 valence electrons. The molecule has 2 aromatic carbocycles. The number of nitrogens with zero attached hydrogens (tertiary/aromatic N) is 1. The van der Waals surface area contributed by atoms with Crippen LogP contribution in [0.2, 0.25) is 5.02 Å². The SMILES string of the molecule is CCN(CC)S(=O)(=O)c1ccc(Cl)c(C(=O)N[C@H](C)c2ccccc2Br)c1. The molecule has 0 spiro atoms. The molecule has 2 rings (SSSR count). The van der Waals surface area contributed by atoms with E-state index >= 15 is 0 Å². The molecule has 0 aliphatic rings. The lowest BCUT2D eigenvalue weighted by Crippen LogP contribution is -2.31. The van der Waals surface area contributed by atoms with Crippen LogP contribution in [0.4, 0.5) is 0 Å². The van der Waals surface area contributed by atoms with Crippen LogP contribution in [0.3, 0.4) is 0 Å². The topological polar surface area (TPSA) is 66.5 Å². The van der Waals surface area contributed by atoms with E-state index in [-0.39, 0.29) is 21.5 Å². The minimum absolute atomic E-state index is 0.0503. The van der Waals surface area contributed by atoms with Crippen molar-refractivity contribution >= 4 is 43.5 Å². The maximum atomic E-state index is 12.7. The van der Waals surface area contributed by atoms with Crippen molar-refractivity contribution in [2.45, 2.75) is 31.7 Å².